The van der Waals surface area contributed by atoms with E-state index in [9.17, 15) is 4.79 Å². The van der Waals surface area contributed by atoms with Crippen LogP contribution in [0.5, 0.6) is 0 Å². The number of hydrogen-bond donors (Lipinski definition) is 1. The van der Waals surface area contributed by atoms with Crippen molar-refractivity contribution in [3.05, 3.63) is 0 Å². The number of ether oxygens (including phenoxy) is 1. The van der Waals surface area contributed by atoms with E-state index in [-0.39, 0.29) is 6.09 Å². The zero-order valence-corrected chi connectivity index (χ0v) is 11.5. The van der Waals surface area contributed by atoms with Gasteiger partial charge in [-0.25, -0.2) is 4.79 Å². The Morgan fingerprint density at radius 1 is 1.41 bits per heavy atom. The van der Waals surface area contributed by atoms with Crippen molar-refractivity contribution in [1.29, 1.82) is 0 Å². The van der Waals surface area contributed by atoms with Gasteiger partial charge >= 0.3 is 6.09 Å². The average Bonchev–Trinajstić information content (AvgIpc) is 2.62. The van der Waals surface area contributed by atoms with E-state index in [1.165, 1.54) is 12.8 Å². The smallest absolute Gasteiger partial charge is 0.410 e. The Bertz CT molecular complexity index is 261. The van der Waals surface area contributed by atoms with Crippen molar-refractivity contribution in [2.45, 2.75) is 58.1 Å². The molecule has 1 aliphatic carbocycles. The van der Waals surface area contributed by atoms with Gasteiger partial charge in [0.25, 0.3) is 0 Å². The quantitative estimate of drug-likeness (QED) is 0.826. The summed E-state index contributed by atoms with van der Waals surface area (Å²) in [5, 5.41) is 0. The molecule has 0 heterocycles. The van der Waals surface area contributed by atoms with Crippen LogP contribution >= 0.6 is 0 Å². The molecule has 1 amide bonds. The number of carbonyl (C=O) groups is 1. The normalized spacial score (nSPS) is 24.8. The Morgan fingerprint density at radius 2 is 2.06 bits per heavy atom. The molecule has 0 aliphatic heterocycles. The highest BCUT2D eigenvalue weighted by atomic mass is 16.6. The molecule has 0 saturated heterocycles. The molecule has 1 saturated carbocycles. The Labute approximate surface area is 104 Å². The number of rotatable bonds is 3. The van der Waals surface area contributed by atoms with Crippen LogP contribution in [0.3, 0.4) is 0 Å². The number of nitrogens with zero attached hydrogens (tertiary/aromatic N) is 1. The minimum Gasteiger partial charge on any atom is -0.444 e. The van der Waals surface area contributed by atoms with Gasteiger partial charge in [0.2, 0.25) is 0 Å². The summed E-state index contributed by atoms with van der Waals surface area (Å²) in [6.07, 6.45) is 4.21. The van der Waals surface area contributed by atoms with E-state index < -0.39 is 5.60 Å². The maximum absolute atomic E-state index is 12.0. The van der Waals surface area contributed by atoms with Crippen LogP contribution < -0.4 is 5.73 Å². The van der Waals surface area contributed by atoms with Gasteiger partial charge in [0.1, 0.15) is 5.60 Å². The highest BCUT2D eigenvalue weighted by molar-refractivity contribution is 5.68. The topological polar surface area (TPSA) is 55.6 Å². The Kier molecular flexibility index (Phi) is 4.80. The lowest BCUT2D eigenvalue weighted by Crippen LogP contribution is -2.42. The van der Waals surface area contributed by atoms with Crippen LogP contribution in [-0.4, -0.2) is 36.2 Å². The maximum atomic E-state index is 12.0. The molecule has 0 aromatic rings. The number of nitrogens with two attached hydrogens (primary N) is 1. The van der Waals surface area contributed by atoms with Gasteiger partial charge in [-0.15, -0.1) is 0 Å². The first-order valence-corrected chi connectivity index (χ1v) is 6.51. The van der Waals surface area contributed by atoms with Crippen LogP contribution in [0, 0.1) is 5.92 Å². The minimum absolute atomic E-state index is 0.216. The molecule has 4 nitrogen and oxygen atoms in total. The summed E-state index contributed by atoms with van der Waals surface area (Å²) >= 11 is 0. The predicted octanol–water partition coefficient (Wildman–Crippen LogP) is 2.37. The van der Waals surface area contributed by atoms with Crippen LogP contribution in [0.15, 0.2) is 0 Å². The van der Waals surface area contributed by atoms with Crippen LogP contribution in [-0.2, 0) is 4.74 Å². The Hall–Kier alpha value is -0.770. The summed E-state index contributed by atoms with van der Waals surface area (Å²) in [4.78, 5) is 13.7. The summed E-state index contributed by atoms with van der Waals surface area (Å²) in [6.45, 7) is 6.38. The fourth-order valence-electron chi connectivity index (χ4n) is 2.55. The van der Waals surface area contributed by atoms with Crippen molar-refractivity contribution in [3.8, 4) is 0 Å². The third-order valence-electron chi connectivity index (χ3n) is 3.34. The van der Waals surface area contributed by atoms with E-state index in [1.807, 2.05) is 27.8 Å². The second-order valence-electron chi connectivity index (χ2n) is 5.93. The summed E-state index contributed by atoms with van der Waals surface area (Å²) in [5.74, 6) is 0.539. The fourth-order valence-corrected chi connectivity index (χ4v) is 2.55. The minimum atomic E-state index is -0.423. The standard InChI is InChI=1S/C13H26N2O2/c1-13(2,3)17-12(16)15(4)11-7-5-6-10(11)8-9-14/h10-11H,5-9,14H2,1-4H3. The van der Waals surface area contributed by atoms with Crippen molar-refractivity contribution >= 4 is 6.09 Å². The molecule has 2 N–H and O–H groups in total. The van der Waals surface area contributed by atoms with E-state index in [4.69, 9.17) is 10.5 Å². The molecule has 1 aliphatic rings. The van der Waals surface area contributed by atoms with E-state index >= 15 is 0 Å². The van der Waals surface area contributed by atoms with Gasteiger partial charge < -0.3 is 15.4 Å². The summed E-state index contributed by atoms with van der Waals surface area (Å²) in [7, 11) is 1.84. The number of amides is 1. The summed E-state index contributed by atoms with van der Waals surface area (Å²) in [6, 6.07) is 0.299. The fraction of sp³-hybridized carbons (Fsp3) is 0.923. The molecule has 2 atom stereocenters. The molecule has 17 heavy (non-hydrogen) atoms. The molecule has 100 valence electrons. The molecule has 0 aromatic heterocycles. The number of hydrogen-bond acceptors (Lipinski definition) is 3. The van der Waals surface area contributed by atoms with E-state index in [0.29, 0.717) is 18.5 Å². The lowest BCUT2D eigenvalue weighted by Gasteiger charge is -2.31. The zero-order valence-electron chi connectivity index (χ0n) is 11.5. The van der Waals surface area contributed by atoms with Crippen molar-refractivity contribution in [1.82, 2.24) is 4.90 Å². The van der Waals surface area contributed by atoms with Gasteiger partial charge in [-0.3, -0.25) is 0 Å². The second-order valence-corrected chi connectivity index (χ2v) is 5.93. The van der Waals surface area contributed by atoms with Crippen molar-refractivity contribution in [2.24, 2.45) is 11.7 Å². The van der Waals surface area contributed by atoms with E-state index in [1.54, 1.807) is 4.90 Å². The van der Waals surface area contributed by atoms with E-state index in [0.717, 1.165) is 12.8 Å². The SMILES string of the molecule is CN(C(=O)OC(C)(C)C)C1CCCC1CCN. The highest BCUT2D eigenvalue weighted by Gasteiger charge is 2.33. The maximum Gasteiger partial charge on any atom is 0.410 e. The van der Waals surface area contributed by atoms with Gasteiger partial charge in [0, 0.05) is 13.1 Å². The molecule has 2 unspecified atom stereocenters. The van der Waals surface area contributed by atoms with E-state index in [2.05, 4.69) is 0 Å². The van der Waals surface area contributed by atoms with Gasteiger partial charge in [0.15, 0.2) is 0 Å². The Morgan fingerprint density at radius 3 is 2.59 bits per heavy atom. The lowest BCUT2D eigenvalue weighted by molar-refractivity contribution is 0.0184. The molecule has 1 fully saturated rings. The van der Waals surface area contributed by atoms with Crippen LogP contribution in [0.25, 0.3) is 0 Å². The second kappa shape index (κ2) is 5.71. The van der Waals surface area contributed by atoms with Crippen LogP contribution in [0.2, 0.25) is 0 Å². The Balaban J connectivity index is 2.56. The average molecular weight is 242 g/mol. The van der Waals surface area contributed by atoms with Crippen molar-refractivity contribution in [3.63, 3.8) is 0 Å². The molecule has 4 heteroatoms. The third-order valence-corrected chi connectivity index (χ3v) is 3.34. The van der Waals surface area contributed by atoms with Gasteiger partial charge in [-0.2, -0.15) is 0 Å². The van der Waals surface area contributed by atoms with Gasteiger partial charge in [-0.05, 0) is 52.5 Å². The molecule has 1 rings (SSSR count). The zero-order chi connectivity index (χ0) is 13.1. The molecule has 0 bridgehead atoms. The van der Waals surface area contributed by atoms with Crippen molar-refractivity contribution < 1.29 is 9.53 Å². The third kappa shape index (κ3) is 4.19. The first-order chi connectivity index (χ1) is 7.85. The molecular formula is C13H26N2O2. The largest absolute Gasteiger partial charge is 0.444 e. The lowest BCUT2D eigenvalue weighted by atomic mass is 9.99. The monoisotopic (exact) mass is 242 g/mol. The summed E-state index contributed by atoms with van der Waals surface area (Å²) < 4.78 is 5.39. The van der Waals surface area contributed by atoms with Crippen LogP contribution in [0.1, 0.15) is 46.5 Å². The predicted molar refractivity (Wildman–Crippen MR) is 68.8 cm³/mol. The number of carbonyl (C=O) groups excluding carboxylic acids is 1. The molecular weight excluding hydrogens is 216 g/mol. The molecule has 0 aromatic carbocycles. The first-order valence-electron chi connectivity index (χ1n) is 6.51. The van der Waals surface area contributed by atoms with Crippen molar-refractivity contribution in [2.75, 3.05) is 13.6 Å². The first kappa shape index (κ1) is 14.3. The molecule has 0 spiro atoms. The summed E-state index contributed by atoms with van der Waals surface area (Å²) in [5.41, 5.74) is 5.19. The van der Waals surface area contributed by atoms with Crippen LogP contribution in [0.4, 0.5) is 4.79 Å². The molecule has 0 radical (unpaired) electrons. The van der Waals surface area contributed by atoms with Gasteiger partial charge in [0.05, 0.1) is 0 Å². The highest BCUT2D eigenvalue weighted by Crippen LogP contribution is 2.32. The van der Waals surface area contributed by atoms with Gasteiger partial charge in [-0.1, -0.05) is 6.42 Å².